The first-order valence-corrected chi connectivity index (χ1v) is 30.0. The third-order valence-electron chi connectivity index (χ3n) is 16.6. The molecule has 0 radical (unpaired) electrons. The summed E-state index contributed by atoms with van der Waals surface area (Å²) in [6, 6.07) is 122. The summed E-state index contributed by atoms with van der Waals surface area (Å²) in [5.41, 5.74) is 18.8. The first-order chi connectivity index (χ1) is 40.2. The molecule has 2 heterocycles. The maximum absolute atomic E-state index is 3.28. The molecule has 0 aliphatic carbocycles. The molecular weight excluding hydrogens is 993 g/mol. The van der Waals surface area contributed by atoms with Gasteiger partial charge in [-0.1, -0.05) is 285 Å². The van der Waals surface area contributed by atoms with E-state index in [2.05, 4.69) is 337 Å². The maximum Gasteiger partial charge on any atom is 0.179 e. The molecule has 0 saturated heterocycles. The molecule has 13 aromatic carbocycles. The summed E-state index contributed by atoms with van der Waals surface area (Å²) < 4.78 is 4.98. The first kappa shape index (κ1) is 47.9. The zero-order valence-corrected chi connectivity index (χ0v) is 45.6. The Morgan fingerprint density at radius 2 is 0.556 bits per heavy atom. The summed E-state index contributed by atoms with van der Waals surface area (Å²) >= 11 is 0. The normalized spacial score (nSPS) is 11.7. The van der Waals surface area contributed by atoms with E-state index in [9.17, 15) is 0 Å². The van der Waals surface area contributed by atoms with Gasteiger partial charge in [-0.15, -0.1) is 0 Å². The van der Waals surface area contributed by atoms with Gasteiger partial charge in [0.15, 0.2) is 8.07 Å². The highest BCUT2D eigenvalue weighted by Gasteiger charge is 2.43. The van der Waals surface area contributed by atoms with E-state index in [1.54, 1.807) is 0 Å². The Morgan fingerprint density at radius 1 is 0.198 bits per heavy atom. The van der Waals surface area contributed by atoms with Crippen LogP contribution in [0.1, 0.15) is 0 Å². The monoisotopic (exact) mass is 1050 g/mol. The lowest BCUT2D eigenvalue weighted by Gasteiger charge is -2.36. The number of nitrogens with zero attached hydrogens (tertiary/aromatic N) is 2. The van der Waals surface area contributed by atoms with Crippen LogP contribution in [0.3, 0.4) is 0 Å². The number of para-hydroxylation sites is 3. The molecule has 0 N–H and O–H groups in total. The van der Waals surface area contributed by atoms with E-state index in [0.717, 1.165) is 33.5 Å². The van der Waals surface area contributed by atoms with Crippen LogP contribution in [0.4, 0.5) is 0 Å². The second-order valence-corrected chi connectivity index (χ2v) is 25.0. The second kappa shape index (κ2) is 20.2. The van der Waals surface area contributed by atoms with Gasteiger partial charge >= 0.3 is 0 Å². The standard InChI is InChI=1S/C78H54N2Si/c1-6-25-55(26-7-1)60-34-23-39-65(50-60)81(64-37-14-5-15-38-64,66-40-24-35-61(51-66)56-27-8-2-9-28-56)67-53-71(57-29-10-3-11-30-57)78(72(54-67)58-31-12-4-13-32-58)80-76-46-21-18-43-70(76)73-52-62(47-48-77(73)80)59-33-22-36-63(49-59)79-74-44-19-16-41-68(74)69-42-17-20-45-75(69)79/h1-54H. The molecule has 0 bridgehead atoms. The van der Waals surface area contributed by atoms with Crippen molar-refractivity contribution in [2.45, 2.75) is 0 Å². The lowest BCUT2D eigenvalue weighted by Crippen LogP contribution is -2.74. The van der Waals surface area contributed by atoms with E-state index in [4.69, 9.17) is 0 Å². The fourth-order valence-corrected chi connectivity index (χ4v) is 17.9. The lowest BCUT2D eigenvalue weighted by molar-refractivity contribution is 1.18. The summed E-state index contributed by atoms with van der Waals surface area (Å²) in [6.07, 6.45) is 0. The Kier molecular flexibility index (Phi) is 11.9. The lowest BCUT2D eigenvalue weighted by atomic mass is 9.95. The van der Waals surface area contributed by atoms with E-state index in [1.807, 2.05) is 0 Å². The Morgan fingerprint density at radius 3 is 1.06 bits per heavy atom. The quantitative estimate of drug-likeness (QED) is 0.0902. The fourth-order valence-electron chi connectivity index (χ4n) is 13.0. The number of rotatable bonds is 11. The Bertz CT molecular complexity index is 4590. The minimum atomic E-state index is -3.28. The summed E-state index contributed by atoms with van der Waals surface area (Å²) in [4.78, 5) is 0. The third kappa shape index (κ3) is 8.17. The molecule has 0 unspecified atom stereocenters. The Balaban J connectivity index is 1.02. The van der Waals surface area contributed by atoms with Crippen molar-refractivity contribution in [2.24, 2.45) is 0 Å². The van der Waals surface area contributed by atoms with Crippen LogP contribution in [0, 0.1) is 0 Å². The molecule has 380 valence electrons. The van der Waals surface area contributed by atoms with Crippen molar-refractivity contribution in [1.82, 2.24) is 9.13 Å². The molecule has 0 fully saturated rings. The van der Waals surface area contributed by atoms with Gasteiger partial charge in [0.1, 0.15) is 0 Å². The molecule has 3 heteroatoms. The van der Waals surface area contributed by atoms with Crippen LogP contribution in [0.25, 0.3) is 111 Å². The highest BCUT2D eigenvalue weighted by molar-refractivity contribution is 7.20. The van der Waals surface area contributed by atoms with Crippen LogP contribution >= 0.6 is 0 Å². The summed E-state index contributed by atoms with van der Waals surface area (Å²) in [7, 11) is -3.28. The zero-order valence-electron chi connectivity index (χ0n) is 44.6. The second-order valence-electron chi connectivity index (χ2n) is 21.2. The summed E-state index contributed by atoms with van der Waals surface area (Å²) in [5.74, 6) is 0. The van der Waals surface area contributed by atoms with E-state index >= 15 is 0 Å². The molecule has 2 nitrogen and oxygen atoms in total. The van der Waals surface area contributed by atoms with Crippen molar-refractivity contribution < 1.29 is 0 Å². The topological polar surface area (TPSA) is 9.86 Å². The van der Waals surface area contributed by atoms with Crippen molar-refractivity contribution in [3.05, 3.63) is 328 Å². The highest BCUT2D eigenvalue weighted by atomic mass is 28.3. The van der Waals surface area contributed by atoms with Gasteiger partial charge < -0.3 is 9.13 Å². The van der Waals surface area contributed by atoms with Gasteiger partial charge in [-0.25, -0.2) is 0 Å². The minimum absolute atomic E-state index is 1.14. The number of hydrogen-bond donors (Lipinski definition) is 0. The average molecular weight is 1050 g/mol. The van der Waals surface area contributed by atoms with Crippen molar-refractivity contribution >= 4 is 72.4 Å². The van der Waals surface area contributed by atoms with Crippen LogP contribution in [-0.4, -0.2) is 17.2 Å². The predicted octanol–water partition coefficient (Wildman–Crippen LogP) is 17.6. The number of fused-ring (bicyclic) bond motifs is 6. The van der Waals surface area contributed by atoms with Crippen LogP contribution in [-0.2, 0) is 0 Å². The van der Waals surface area contributed by atoms with E-state index in [0.29, 0.717) is 0 Å². The first-order valence-electron chi connectivity index (χ1n) is 28.0. The van der Waals surface area contributed by atoms with Gasteiger partial charge in [0.05, 0.1) is 27.8 Å². The molecule has 81 heavy (non-hydrogen) atoms. The van der Waals surface area contributed by atoms with Crippen molar-refractivity contribution in [3.63, 3.8) is 0 Å². The minimum Gasteiger partial charge on any atom is -0.309 e. The number of benzene rings is 13. The smallest absolute Gasteiger partial charge is 0.179 e. The SMILES string of the molecule is c1ccc(-c2cccc([Si](c3ccccc3)(c3cccc(-c4ccccc4)c3)c3cc(-c4ccccc4)c(-n4c5ccccc5c5cc(-c6cccc(-n7c8ccccc8c8ccccc87)c6)ccc54)c(-c4ccccc4)c3)c2)cc1. The Labute approximate surface area is 473 Å². The molecule has 2 aromatic heterocycles. The van der Waals surface area contributed by atoms with Crippen molar-refractivity contribution in [2.75, 3.05) is 0 Å². The Hall–Kier alpha value is -10.3. The molecule has 15 rings (SSSR count). The molecule has 0 atom stereocenters. The molecule has 15 aromatic rings. The highest BCUT2D eigenvalue weighted by Crippen LogP contribution is 2.43. The predicted molar refractivity (Wildman–Crippen MR) is 346 cm³/mol. The van der Waals surface area contributed by atoms with Crippen LogP contribution < -0.4 is 20.7 Å². The average Bonchev–Trinajstić information content (AvgIpc) is 4.30. The van der Waals surface area contributed by atoms with Crippen LogP contribution in [0.2, 0.25) is 0 Å². The third-order valence-corrected chi connectivity index (χ3v) is 21.3. The zero-order chi connectivity index (χ0) is 53.7. The molecule has 0 aliphatic heterocycles. The summed E-state index contributed by atoms with van der Waals surface area (Å²) in [6.45, 7) is 0. The van der Waals surface area contributed by atoms with Gasteiger partial charge in [0.2, 0.25) is 0 Å². The van der Waals surface area contributed by atoms with E-state index in [-0.39, 0.29) is 0 Å². The largest absolute Gasteiger partial charge is 0.309 e. The molecule has 0 saturated carbocycles. The molecule has 0 spiro atoms. The van der Waals surface area contributed by atoms with Crippen LogP contribution in [0.5, 0.6) is 0 Å². The molecular formula is C78H54N2Si. The van der Waals surface area contributed by atoms with E-state index < -0.39 is 8.07 Å². The van der Waals surface area contributed by atoms with Gasteiger partial charge in [0.25, 0.3) is 0 Å². The van der Waals surface area contributed by atoms with Crippen molar-refractivity contribution in [3.8, 4) is 67.0 Å². The van der Waals surface area contributed by atoms with Crippen molar-refractivity contribution in [1.29, 1.82) is 0 Å². The van der Waals surface area contributed by atoms with Gasteiger partial charge in [0, 0.05) is 38.4 Å². The van der Waals surface area contributed by atoms with Gasteiger partial charge in [-0.2, -0.15) is 0 Å². The fraction of sp³-hybridized carbons (Fsp3) is 0. The molecule has 0 amide bonds. The summed E-state index contributed by atoms with van der Waals surface area (Å²) in [5, 5.41) is 10.2. The number of aromatic nitrogens is 2. The number of hydrogen-bond acceptors (Lipinski definition) is 0. The van der Waals surface area contributed by atoms with Crippen LogP contribution in [0.15, 0.2) is 328 Å². The van der Waals surface area contributed by atoms with Gasteiger partial charge in [-0.05, 0) is 108 Å². The maximum atomic E-state index is 2.58. The van der Waals surface area contributed by atoms with E-state index in [1.165, 1.54) is 97.8 Å². The molecule has 0 aliphatic rings. The van der Waals surface area contributed by atoms with Gasteiger partial charge in [-0.3, -0.25) is 0 Å².